The molecule has 150 valence electrons. The molecule has 0 radical (unpaired) electrons. The van der Waals surface area contributed by atoms with Crippen LogP contribution < -0.4 is 4.74 Å². The first-order chi connectivity index (χ1) is 14.2. The van der Waals surface area contributed by atoms with Crippen molar-refractivity contribution in [1.29, 1.82) is 0 Å². The van der Waals surface area contributed by atoms with Crippen molar-refractivity contribution in [2.75, 3.05) is 20.2 Å². The van der Waals surface area contributed by atoms with E-state index in [-0.39, 0.29) is 12.0 Å². The summed E-state index contributed by atoms with van der Waals surface area (Å²) < 4.78 is 17.0. The largest absolute Gasteiger partial charge is 0.497 e. The van der Waals surface area contributed by atoms with Crippen molar-refractivity contribution in [3.8, 4) is 17.1 Å². The monoisotopic (exact) mass is 392 g/mol. The summed E-state index contributed by atoms with van der Waals surface area (Å²) in [6.07, 6.45) is 5.42. The van der Waals surface area contributed by atoms with E-state index >= 15 is 0 Å². The molecule has 0 N–H and O–H groups in total. The Labute approximate surface area is 170 Å². The van der Waals surface area contributed by atoms with Crippen LogP contribution in [0.25, 0.3) is 11.3 Å². The first-order valence-electron chi connectivity index (χ1n) is 9.77. The Morgan fingerprint density at radius 2 is 2.07 bits per heavy atom. The minimum atomic E-state index is -0.0977. The Morgan fingerprint density at radius 1 is 1.21 bits per heavy atom. The van der Waals surface area contributed by atoms with E-state index < -0.39 is 0 Å². The molecule has 29 heavy (non-hydrogen) atoms. The SMILES string of the molecule is COc1ccc(-c2ccc(C(=O)N3CCCC(OCc4cccnc4)C3)o2)cc1. The van der Waals surface area contributed by atoms with Crippen LogP contribution in [0.4, 0.5) is 0 Å². The second-order valence-corrected chi connectivity index (χ2v) is 7.08. The number of furan rings is 1. The van der Waals surface area contributed by atoms with Gasteiger partial charge in [0, 0.05) is 31.0 Å². The van der Waals surface area contributed by atoms with Gasteiger partial charge in [0.2, 0.25) is 0 Å². The predicted octanol–water partition coefficient (Wildman–Crippen LogP) is 4.17. The van der Waals surface area contributed by atoms with Gasteiger partial charge in [-0.1, -0.05) is 6.07 Å². The Morgan fingerprint density at radius 3 is 2.83 bits per heavy atom. The van der Waals surface area contributed by atoms with Crippen LogP contribution in [0.3, 0.4) is 0 Å². The molecule has 1 aliphatic heterocycles. The smallest absolute Gasteiger partial charge is 0.289 e. The third-order valence-corrected chi connectivity index (χ3v) is 5.07. The number of carbonyl (C=O) groups excluding carboxylic acids is 1. The van der Waals surface area contributed by atoms with Crippen LogP contribution in [-0.4, -0.2) is 42.1 Å². The molecule has 1 atom stereocenters. The summed E-state index contributed by atoms with van der Waals surface area (Å²) in [4.78, 5) is 18.8. The Kier molecular flexibility index (Phi) is 5.91. The number of methoxy groups -OCH3 is 1. The second-order valence-electron chi connectivity index (χ2n) is 7.08. The normalized spacial score (nSPS) is 16.6. The summed E-state index contributed by atoms with van der Waals surface area (Å²) in [7, 11) is 1.63. The summed E-state index contributed by atoms with van der Waals surface area (Å²) in [5.74, 6) is 1.70. The molecule has 0 aliphatic carbocycles. The Balaban J connectivity index is 1.38. The van der Waals surface area contributed by atoms with E-state index in [0.717, 1.165) is 29.7 Å². The second kappa shape index (κ2) is 8.92. The lowest BCUT2D eigenvalue weighted by Crippen LogP contribution is -2.43. The lowest BCUT2D eigenvalue weighted by Gasteiger charge is -2.32. The summed E-state index contributed by atoms with van der Waals surface area (Å²) in [6.45, 7) is 1.78. The maximum absolute atomic E-state index is 12.9. The number of carbonyl (C=O) groups is 1. The zero-order chi connectivity index (χ0) is 20.1. The van der Waals surface area contributed by atoms with Gasteiger partial charge in [-0.3, -0.25) is 9.78 Å². The number of ether oxygens (including phenoxy) is 2. The molecule has 1 aliphatic rings. The minimum absolute atomic E-state index is 0.0175. The molecular weight excluding hydrogens is 368 g/mol. The molecule has 0 bridgehead atoms. The van der Waals surface area contributed by atoms with Crippen LogP contribution in [0.2, 0.25) is 0 Å². The molecule has 3 aromatic rings. The van der Waals surface area contributed by atoms with Gasteiger partial charge in [0.05, 0.1) is 19.8 Å². The van der Waals surface area contributed by atoms with Gasteiger partial charge in [-0.15, -0.1) is 0 Å². The third kappa shape index (κ3) is 4.66. The fraction of sp³-hybridized carbons (Fsp3) is 0.304. The summed E-state index contributed by atoms with van der Waals surface area (Å²) in [5, 5.41) is 0. The lowest BCUT2D eigenvalue weighted by atomic mass is 10.1. The molecule has 1 saturated heterocycles. The maximum atomic E-state index is 12.9. The van der Waals surface area contributed by atoms with Crippen LogP contribution in [0.5, 0.6) is 5.75 Å². The number of hydrogen-bond donors (Lipinski definition) is 0. The highest BCUT2D eigenvalue weighted by atomic mass is 16.5. The van der Waals surface area contributed by atoms with Crippen molar-refractivity contribution < 1.29 is 18.7 Å². The fourth-order valence-electron chi connectivity index (χ4n) is 3.48. The van der Waals surface area contributed by atoms with Gasteiger partial charge in [-0.2, -0.15) is 0 Å². The number of pyridine rings is 1. The number of hydrogen-bond acceptors (Lipinski definition) is 5. The molecule has 1 unspecified atom stereocenters. The average molecular weight is 392 g/mol. The van der Waals surface area contributed by atoms with Crippen LogP contribution in [0.1, 0.15) is 29.0 Å². The zero-order valence-electron chi connectivity index (χ0n) is 16.4. The summed E-state index contributed by atoms with van der Waals surface area (Å²) >= 11 is 0. The van der Waals surface area contributed by atoms with Crippen LogP contribution in [0.15, 0.2) is 65.3 Å². The fourth-order valence-corrected chi connectivity index (χ4v) is 3.48. The van der Waals surface area contributed by atoms with Crippen molar-refractivity contribution in [2.24, 2.45) is 0 Å². The third-order valence-electron chi connectivity index (χ3n) is 5.07. The standard InChI is InChI=1S/C23H24N2O4/c1-27-19-8-6-18(7-9-19)21-10-11-22(29-21)23(26)25-13-3-5-20(15-25)28-16-17-4-2-12-24-14-17/h2,4,6-12,14,20H,3,5,13,15-16H2,1H3. The molecule has 1 aromatic carbocycles. The van der Waals surface area contributed by atoms with Gasteiger partial charge < -0.3 is 18.8 Å². The van der Waals surface area contributed by atoms with Gasteiger partial charge in [0.15, 0.2) is 5.76 Å². The topological polar surface area (TPSA) is 64.8 Å². The minimum Gasteiger partial charge on any atom is -0.497 e. The first kappa shape index (κ1) is 19.2. The molecule has 2 aromatic heterocycles. The molecular formula is C23H24N2O4. The summed E-state index contributed by atoms with van der Waals surface area (Å²) in [5.41, 5.74) is 1.94. The summed E-state index contributed by atoms with van der Waals surface area (Å²) in [6, 6.07) is 15.0. The van der Waals surface area contributed by atoms with Gasteiger partial charge in [0.25, 0.3) is 5.91 Å². The number of piperidine rings is 1. The van der Waals surface area contributed by atoms with Crippen LogP contribution in [-0.2, 0) is 11.3 Å². The Bertz CT molecular complexity index is 937. The highest BCUT2D eigenvalue weighted by Crippen LogP contribution is 2.26. The highest BCUT2D eigenvalue weighted by Gasteiger charge is 2.27. The molecule has 6 nitrogen and oxygen atoms in total. The van der Waals surface area contributed by atoms with Crippen molar-refractivity contribution in [1.82, 2.24) is 9.88 Å². The first-order valence-corrected chi connectivity index (χ1v) is 9.77. The van der Waals surface area contributed by atoms with E-state index in [2.05, 4.69) is 4.98 Å². The molecule has 4 rings (SSSR count). The molecule has 6 heteroatoms. The van der Waals surface area contributed by atoms with Crippen molar-refractivity contribution >= 4 is 5.91 Å². The van der Waals surface area contributed by atoms with Crippen LogP contribution >= 0.6 is 0 Å². The average Bonchev–Trinajstić information content (AvgIpc) is 3.28. The van der Waals surface area contributed by atoms with Gasteiger partial charge in [-0.05, 0) is 60.9 Å². The van der Waals surface area contributed by atoms with E-state index in [9.17, 15) is 4.79 Å². The van der Waals surface area contributed by atoms with E-state index in [0.29, 0.717) is 31.2 Å². The number of likely N-dealkylation sites (tertiary alicyclic amines) is 1. The van der Waals surface area contributed by atoms with Crippen LogP contribution in [0, 0.1) is 0 Å². The molecule has 1 amide bonds. The Hall–Kier alpha value is -3.12. The van der Waals surface area contributed by atoms with Crippen molar-refractivity contribution in [3.05, 3.63) is 72.2 Å². The van der Waals surface area contributed by atoms with E-state index in [1.807, 2.05) is 47.4 Å². The zero-order valence-corrected chi connectivity index (χ0v) is 16.4. The number of aromatic nitrogens is 1. The lowest BCUT2D eigenvalue weighted by molar-refractivity contribution is -0.00759. The van der Waals surface area contributed by atoms with Gasteiger partial charge >= 0.3 is 0 Å². The number of amides is 1. The van der Waals surface area contributed by atoms with E-state index in [1.165, 1.54) is 0 Å². The maximum Gasteiger partial charge on any atom is 0.289 e. The van der Waals surface area contributed by atoms with E-state index in [4.69, 9.17) is 13.9 Å². The number of rotatable bonds is 6. The van der Waals surface area contributed by atoms with Gasteiger partial charge in [-0.25, -0.2) is 0 Å². The molecule has 0 saturated carbocycles. The number of benzene rings is 1. The quantitative estimate of drug-likeness (QED) is 0.630. The van der Waals surface area contributed by atoms with E-state index in [1.54, 1.807) is 25.6 Å². The number of nitrogens with zero attached hydrogens (tertiary/aromatic N) is 2. The molecule has 1 fully saturated rings. The van der Waals surface area contributed by atoms with Gasteiger partial charge in [0.1, 0.15) is 11.5 Å². The van der Waals surface area contributed by atoms with Crippen molar-refractivity contribution in [2.45, 2.75) is 25.6 Å². The highest BCUT2D eigenvalue weighted by molar-refractivity contribution is 5.92. The molecule has 3 heterocycles. The molecule has 0 spiro atoms. The predicted molar refractivity (Wildman–Crippen MR) is 109 cm³/mol. The van der Waals surface area contributed by atoms with Crippen molar-refractivity contribution in [3.63, 3.8) is 0 Å².